The minimum absolute atomic E-state index is 0.0793. The number of halogens is 1. The van der Waals surface area contributed by atoms with Crippen molar-refractivity contribution in [3.8, 4) is 0 Å². The van der Waals surface area contributed by atoms with Crippen LogP contribution in [0.4, 0.5) is 0 Å². The van der Waals surface area contributed by atoms with Gasteiger partial charge in [0.2, 0.25) is 0 Å². The highest BCUT2D eigenvalue weighted by molar-refractivity contribution is 6.30. The molecule has 0 aliphatic carbocycles. The Morgan fingerprint density at radius 2 is 1.85 bits per heavy atom. The third-order valence-corrected chi connectivity index (χ3v) is 4.73. The minimum Gasteiger partial charge on any atom is -0.452 e. The van der Waals surface area contributed by atoms with Crippen LogP contribution < -0.4 is 5.32 Å². The van der Waals surface area contributed by atoms with E-state index < -0.39 is 12.1 Å². The first kappa shape index (κ1) is 21.2. The van der Waals surface area contributed by atoms with E-state index in [1.165, 1.54) is 0 Å². The molecule has 2 amide bonds. The van der Waals surface area contributed by atoms with E-state index in [0.717, 1.165) is 0 Å². The van der Waals surface area contributed by atoms with Gasteiger partial charge in [-0.15, -0.1) is 0 Å². The van der Waals surface area contributed by atoms with Crippen molar-refractivity contribution in [3.63, 3.8) is 0 Å². The monoisotopic (exact) mass is 396 g/mol. The number of amides is 2. The zero-order chi connectivity index (χ0) is 19.8. The number of carbonyl (C=O) groups is 3. The van der Waals surface area contributed by atoms with Crippen LogP contribution in [0.25, 0.3) is 0 Å². The predicted molar refractivity (Wildman–Crippen MR) is 101 cm³/mol. The molecule has 148 valence electrons. The third-order valence-electron chi connectivity index (χ3n) is 4.47. The maximum atomic E-state index is 12.5. The van der Waals surface area contributed by atoms with E-state index in [1.807, 2.05) is 0 Å². The van der Waals surface area contributed by atoms with Gasteiger partial charge in [0.15, 0.2) is 6.10 Å². The summed E-state index contributed by atoms with van der Waals surface area (Å²) < 4.78 is 10.1. The van der Waals surface area contributed by atoms with Gasteiger partial charge in [0.25, 0.3) is 11.8 Å². The Balaban J connectivity index is 1.79. The number of nitrogens with zero attached hydrogens (tertiary/aromatic N) is 1. The molecule has 1 saturated heterocycles. The van der Waals surface area contributed by atoms with Gasteiger partial charge in [0.1, 0.15) is 0 Å². The first-order valence-corrected chi connectivity index (χ1v) is 9.32. The molecule has 2 rings (SSSR count). The van der Waals surface area contributed by atoms with Gasteiger partial charge in [0.05, 0.1) is 12.5 Å². The molecule has 7 nitrogen and oxygen atoms in total. The molecule has 0 saturated carbocycles. The van der Waals surface area contributed by atoms with Crippen LogP contribution in [-0.4, -0.2) is 62.1 Å². The van der Waals surface area contributed by atoms with E-state index in [4.69, 9.17) is 21.1 Å². The second kappa shape index (κ2) is 10.3. The lowest BCUT2D eigenvalue weighted by molar-refractivity contribution is -0.160. The molecule has 8 heteroatoms. The fourth-order valence-corrected chi connectivity index (χ4v) is 2.96. The van der Waals surface area contributed by atoms with Gasteiger partial charge in [-0.25, -0.2) is 0 Å². The predicted octanol–water partition coefficient (Wildman–Crippen LogP) is 1.89. The normalized spacial score (nSPS) is 15.9. The van der Waals surface area contributed by atoms with Crippen LogP contribution in [0.2, 0.25) is 5.02 Å². The van der Waals surface area contributed by atoms with E-state index in [1.54, 1.807) is 43.2 Å². The van der Waals surface area contributed by atoms with E-state index in [0.29, 0.717) is 49.7 Å². The maximum Gasteiger partial charge on any atom is 0.309 e. The van der Waals surface area contributed by atoms with Crippen molar-refractivity contribution in [2.24, 2.45) is 5.92 Å². The third kappa shape index (κ3) is 6.22. The van der Waals surface area contributed by atoms with E-state index in [-0.39, 0.29) is 17.7 Å². The summed E-state index contributed by atoms with van der Waals surface area (Å²) in [5.41, 5.74) is 0.571. The molecule has 1 fully saturated rings. The molecule has 1 aliphatic heterocycles. The molecule has 0 bridgehead atoms. The molecule has 0 spiro atoms. The van der Waals surface area contributed by atoms with E-state index in [9.17, 15) is 14.4 Å². The van der Waals surface area contributed by atoms with Crippen molar-refractivity contribution in [2.45, 2.75) is 25.9 Å². The van der Waals surface area contributed by atoms with Gasteiger partial charge in [-0.3, -0.25) is 14.4 Å². The SMILES string of the molecule is COCCNC(=O)[C@H](C)OC(=O)C1CCN(C(=O)c2ccc(Cl)cc2)CC1. The molecule has 27 heavy (non-hydrogen) atoms. The first-order chi connectivity index (χ1) is 12.9. The summed E-state index contributed by atoms with van der Waals surface area (Å²) >= 11 is 5.84. The number of likely N-dealkylation sites (tertiary alicyclic amines) is 1. The number of benzene rings is 1. The van der Waals surface area contributed by atoms with Gasteiger partial charge in [-0.1, -0.05) is 11.6 Å². The molecule has 1 N–H and O–H groups in total. The molecule has 0 aromatic heterocycles. The molecular formula is C19H25ClN2O5. The number of esters is 1. The highest BCUT2D eigenvalue weighted by atomic mass is 35.5. The Morgan fingerprint density at radius 3 is 2.44 bits per heavy atom. The van der Waals surface area contributed by atoms with Crippen LogP contribution in [-0.2, 0) is 19.1 Å². The van der Waals surface area contributed by atoms with Crippen LogP contribution in [0.5, 0.6) is 0 Å². The van der Waals surface area contributed by atoms with Gasteiger partial charge in [0, 0.05) is 37.3 Å². The summed E-state index contributed by atoms with van der Waals surface area (Å²) in [6.07, 6.45) is 0.162. The molecule has 1 aromatic rings. The highest BCUT2D eigenvalue weighted by Gasteiger charge is 2.30. The first-order valence-electron chi connectivity index (χ1n) is 8.94. The largest absolute Gasteiger partial charge is 0.452 e. The standard InChI is InChI=1S/C19H25ClN2O5/c1-13(17(23)21-9-12-26-2)27-19(25)15-7-10-22(11-8-15)18(24)14-3-5-16(20)6-4-14/h3-6,13,15H,7-12H2,1-2H3,(H,21,23)/t13-/m0/s1. The number of piperidine rings is 1. The van der Waals surface area contributed by atoms with Gasteiger partial charge < -0.3 is 19.7 Å². The number of carbonyl (C=O) groups excluding carboxylic acids is 3. The summed E-state index contributed by atoms with van der Waals surface area (Å²) in [6.45, 7) is 3.24. The van der Waals surface area contributed by atoms with E-state index in [2.05, 4.69) is 5.32 Å². The Labute approximate surface area is 163 Å². The van der Waals surface area contributed by atoms with Crippen molar-refractivity contribution in [3.05, 3.63) is 34.9 Å². The lowest BCUT2D eigenvalue weighted by Gasteiger charge is -2.31. The number of nitrogens with one attached hydrogen (secondary N) is 1. The van der Waals surface area contributed by atoms with Crippen LogP contribution in [0.1, 0.15) is 30.1 Å². The summed E-state index contributed by atoms with van der Waals surface area (Å²) in [5.74, 6) is -1.14. The Kier molecular flexibility index (Phi) is 8.06. The Hall–Kier alpha value is -2.12. The molecule has 1 heterocycles. The van der Waals surface area contributed by atoms with Crippen LogP contribution >= 0.6 is 11.6 Å². The molecule has 1 aliphatic rings. The zero-order valence-corrected chi connectivity index (χ0v) is 16.3. The van der Waals surface area contributed by atoms with Crippen molar-refractivity contribution >= 4 is 29.4 Å². The maximum absolute atomic E-state index is 12.5. The van der Waals surface area contributed by atoms with Crippen LogP contribution in [0.15, 0.2) is 24.3 Å². The zero-order valence-electron chi connectivity index (χ0n) is 15.6. The Bertz CT molecular complexity index is 657. The highest BCUT2D eigenvalue weighted by Crippen LogP contribution is 2.21. The lowest BCUT2D eigenvalue weighted by Crippen LogP contribution is -2.42. The van der Waals surface area contributed by atoms with Crippen molar-refractivity contribution in [1.29, 1.82) is 0 Å². The van der Waals surface area contributed by atoms with E-state index >= 15 is 0 Å². The summed E-state index contributed by atoms with van der Waals surface area (Å²) in [4.78, 5) is 38.3. The topological polar surface area (TPSA) is 84.9 Å². The van der Waals surface area contributed by atoms with Gasteiger partial charge in [-0.2, -0.15) is 0 Å². The number of rotatable bonds is 7. The average Bonchev–Trinajstić information content (AvgIpc) is 2.68. The smallest absolute Gasteiger partial charge is 0.309 e. The number of hydrogen-bond donors (Lipinski definition) is 1. The molecule has 1 atom stereocenters. The molecule has 0 radical (unpaired) electrons. The summed E-state index contributed by atoms with van der Waals surface area (Å²) in [5, 5.41) is 3.21. The second-order valence-electron chi connectivity index (χ2n) is 6.44. The van der Waals surface area contributed by atoms with Crippen molar-refractivity contribution in [2.75, 3.05) is 33.4 Å². The summed E-state index contributed by atoms with van der Waals surface area (Å²) in [7, 11) is 1.54. The lowest BCUT2D eigenvalue weighted by atomic mass is 9.96. The number of hydrogen-bond acceptors (Lipinski definition) is 5. The van der Waals surface area contributed by atoms with Crippen molar-refractivity contribution in [1.82, 2.24) is 10.2 Å². The van der Waals surface area contributed by atoms with Gasteiger partial charge >= 0.3 is 5.97 Å². The molecular weight excluding hydrogens is 372 g/mol. The number of methoxy groups -OCH3 is 1. The fraction of sp³-hybridized carbons (Fsp3) is 0.526. The fourth-order valence-electron chi connectivity index (χ4n) is 2.84. The Morgan fingerprint density at radius 1 is 1.22 bits per heavy atom. The quantitative estimate of drug-likeness (QED) is 0.562. The average molecular weight is 397 g/mol. The van der Waals surface area contributed by atoms with Crippen LogP contribution in [0, 0.1) is 5.92 Å². The minimum atomic E-state index is -0.858. The van der Waals surface area contributed by atoms with Gasteiger partial charge in [-0.05, 0) is 44.0 Å². The second-order valence-corrected chi connectivity index (χ2v) is 6.87. The number of ether oxygens (including phenoxy) is 2. The van der Waals surface area contributed by atoms with Crippen molar-refractivity contribution < 1.29 is 23.9 Å². The summed E-state index contributed by atoms with van der Waals surface area (Å²) in [6, 6.07) is 6.74. The molecule has 0 unspecified atom stereocenters. The molecule has 1 aromatic carbocycles. The van der Waals surface area contributed by atoms with Crippen LogP contribution in [0.3, 0.4) is 0 Å².